The van der Waals surface area contributed by atoms with E-state index in [1.165, 1.54) is 10.4 Å². The third-order valence-corrected chi connectivity index (χ3v) is 5.72. The van der Waals surface area contributed by atoms with E-state index < -0.39 is 6.10 Å². The molecule has 1 fully saturated rings. The SMILES string of the molecule is CC1(C)Cc2cc(NC(=O)CC(O)C3CC3)sc2C(C)(C)O1. The summed E-state index contributed by atoms with van der Waals surface area (Å²) in [6.07, 6.45) is 2.64. The highest BCUT2D eigenvalue weighted by Crippen LogP contribution is 2.45. The van der Waals surface area contributed by atoms with Crippen molar-refractivity contribution in [2.75, 3.05) is 5.32 Å². The van der Waals surface area contributed by atoms with E-state index in [1.807, 2.05) is 0 Å². The summed E-state index contributed by atoms with van der Waals surface area (Å²) in [5.74, 6) is 0.228. The molecule has 122 valence electrons. The zero-order chi connectivity index (χ0) is 16.1. The number of carbonyl (C=O) groups excluding carboxylic acids is 1. The zero-order valence-corrected chi connectivity index (χ0v) is 14.5. The fourth-order valence-corrected chi connectivity index (χ4v) is 4.52. The summed E-state index contributed by atoms with van der Waals surface area (Å²) in [6.45, 7) is 8.34. The maximum Gasteiger partial charge on any atom is 0.227 e. The summed E-state index contributed by atoms with van der Waals surface area (Å²) in [5, 5.41) is 13.7. The van der Waals surface area contributed by atoms with Gasteiger partial charge in [-0.1, -0.05) is 0 Å². The van der Waals surface area contributed by atoms with Crippen molar-refractivity contribution in [3.8, 4) is 0 Å². The Balaban J connectivity index is 1.71. The first-order valence-electron chi connectivity index (χ1n) is 7.97. The molecular formula is C17H25NO3S. The first-order valence-corrected chi connectivity index (χ1v) is 8.79. The molecule has 1 saturated carbocycles. The standard InChI is InChI=1S/C17H25NO3S/c1-16(2)9-11-7-14(22-15(11)17(3,4)21-16)18-13(20)8-12(19)10-5-6-10/h7,10,12,19H,5-6,8-9H2,1-4H3,(H,18,20). The van der Waals surface area contributed by atoms with Gasteiger partial charge in [-0.15, -0.1) is 11.3 Å². The minimum atomic E-state index is -0.492. The van der Waals surface area contributed by atoms with E-state index in [2.05, 4.69) is 39.1 Å². The van der Waals surface area contributed by atoms with E-state index in [1.54, 1.807) is 11.3 Å². The number of nitrogens with one attached hydrogen (secondary N) is 1. The van der Waals surface area contributed by atoms with Crippen molar-refractivity contribution < 1.29 is 14.6 Å². The Morgan fingerprint density at radius 2 is 2.14 bits per heavy atom. The number of aliphatic hydroxyl groups excluding tert-OH is 1. The number of anilines is 1. The van der Waals surface area contributed by atoms with Crippen LogP contribution in [0.25, 0.3) is 0 Å². The van der Waals surface area contributed by atoms with Crippen LogP contribution in [0.2, 0.25) is 0 Å². The Hall–Kier alpha value is -0.910. The Morgan fingerprint density at radius 3 is 2.77 bits per heavy atom. The van der Waals surface area contributed by atoms with Gasteiger partial charge in [0.25, 0.3) is 0 Å². The fraction of sp³-hybridized carbons (Fsp3) is 0.706. The lowest BCUT2D eigenvalue weighted by Crippen LogP contribution is -2.41. The van der Waals surface area contributed by atoms with Crippen LogP contribution < -0.4 is 5.32 Å². The second-order valence-corrected chi connectivity index (χ2v) is 8.72. The molecule has 22 heavy (non-hydrogen) atoms. The van der Waals surface area contributed by atoms with Gasteiger partial charge in [0.1, 0.15) is 0 Å². The number of carbonyl (C=O) groups is 1. The van der Waals surface area contributed by atoms with Crippen molar-refractivity contribution in [3.05, 3.63) is 16.5 Å². The lowest BCUT2D eigenvalue weighted by Gasteiger charge is -2.41. The number of thiophene rings is 1. The number of ether oxygens (including phenoxy) is 1. The van der Waals surface area contributed by atoms with Gasteiger partial charge >= 0.3 is 0 Å². The second kappa shape index (κ2) is 5.32. The summed E-state index contributed by atoms with van der Waals surface area (Å²) >= 11 is 1.58. The van der Waals surface area contributed by atoms with Crippen molar-refractivity contribution in [3.63, 3.8) is 0 Å². The Morgan fingerprint density at radius 1 is 1.45 bits per heavy atom. The quantitative estimate of drug-likeness (QED) is 0.892. The van der Waals surface area contributed by atoms with Crippen molar-refractivity contribution in [2.24, 2.45) is 5.92 Å². The van der Waals surface area contributed by atoms with Gasteiger partial charge in [-0.25, -0.2) is 0 Å². The molecule has 2 N–H and O–H groups in total. The normalized spacial score (nSPS) is 23.7. The predicted molar refractivity (Wildman–Crippen MR) is 88.2 cm³/mol. The molecule has 1 aliphatic carbocycles. The first-order chi connectivity index (χ1) is 10.2. The Labute approximate surface area is 135 Å². The second-order valence-electron chi connectivity index (χ2n) is 7.67. The maximum absolute atomic E-state index is 12.1. The molecule has 1 aromatic heterocycles. The molecule has 1 atom stereocenters. The molecule has 0 radical (unpaired) electrons. The predicted octanol–water partition coefficient (Wildman–Crippen LogP) is 3.43. The molecule has 1 aliphatic heterocycles. The summed E-state index contributed by atoms with van der Waals surface area (Å²) < 4.78 is 6.17. The van der Waals surface area contributed by atoms with Crippen LogP contribution in [0, 0.1) is 5.92 Å². The summed E-state index contributed by atoms with van der Waals surface area (Å²) in [6, 6.07) is 2.06. The highest BCUT2D eigenvalue weighted by atomic mass is 32.1. The highest BCUT2D eigenvalue weighted by molar-refractivity contribution is 7.16. The monoisotopic (exact) mass is 323 g/mol. The van der Waals surface area contributed by atoms with Gasteiger partial charge in [0.2, 0.25) is 5.91 Å². The van der Waals surface area contributed by atoms with Crippen LogP contribution in [-0.2, 0) is 21.6 Å². The number of hydrogen-bond donors (Lipinski definition) is 2. The Kier molecular flexibility index (Phi) is 3.86. The maximum atomic E-state index is 12.1. The van der Waals surface area contributed by atoms with E-state index >= 15 is 0 Å². The van der Waals surface area contributed by atoms with E-state index in [-0.39, 0.29) is 23.5 Å². The summed E-state index contributed by atoms with van der Waals surface area (Å²) in [5.41, 5.74) is 0.725. The van der Waals surface area contributed by atoms with Crippen LogP contribution in [0.1, 0.15) is 57.4 Å². The minimum absolute atomic E-state index is 0.101. The van der Waals surface area contributed by atoms with E-state index in [9.17, 15) is 9.90 Å². The van der Waals surface area contributed by atoms with Crippen LogP contribution in [0.15, 0.2) is 6.07 Å². The zero-order valence-electron chi connectivity index (χ0n) is 13.7. The number of aliphatic hydroxyl groups is 1. The third kappa shape index (κ3) is 3.36. The molecule has 2 aliphatic rings. The lowest BCUT2D eigenvalue weighted by atomic mass is 9.89. The molecule has 1 amide bonds. The molecule has 1 unspecified atom stereocenters. The Bertz CT molecular complexity index is 587. The van der Waals surface area contributed by atoms with E-state index in [0.717, 1.165) is 24.3 Å². The van der Waals surface area contributed by atoms with Gasteiger partial charge in [0.05, 0.1) is 28.7 Å². The van der Waals surface area contributed by atoms with Crippen molar-refractivity contribution in [1.82, 2.24) is 0 Å². The number of hydrogen-bond acceptors (Lipinski definition) is 4. The molecule has 1 aromatic rings. The van der Waals surface area contributed by atoms with E-state index in [4.69, 9.17) is 4.74 Å². The molecule has 0 aromatic carbocycles. The van der Waals surface area contributed by atoms with Crippen molar-refractivity contribution >= 4 is 22.2 Å². The smallest absolute Gasteiger partial charge is 0.227 e. The van der Waals surface area contributed by atoms with Crippen LogP contribution in [0.4, 0.5) is 5.00 Å². The third-order valence-electron chi connectivity index (χ3n) is 4.33. The lowest BCUT2D eigenvalue weighted by molar-refractivity contribution is -0.135. The topological polar surface area (TPSA) is 58.6 Å². The van der Waals surface area contributed by atoms with Crippen LogP contribution in [-0.4, -0.2) is 22.7 Å². The molecule has 4 nitrogen and oxygen atoms in total. The van der Waals surface area contributed by atoms with Crippen molar-refractivity contribution in [2.45, 2.75) is 70.7 Å². The number of rotatable bonds is 4. The molecule has 0 saturated heterocycles. The van der Waals surface area contributed by atoms with Crippen LogP contribution in [0.3, 0.4) is 0 Å². The van der Waals surface area contributed by atoms with Gasteiger partial charge in [-0.2, -0.15) is 0 Å². The molecule has 3 rings (SSSR count). The molecule has 5 heteroatoms. The molecule has 0 spiro atoms. The van der Waals surface area contributed by atoms with Gasteiger partial charge in [-0.3, -0.25) is 4.79 Å². The average molecular weight is 323 g/mol. The molecule has 0 bridgehead atoms. The van der Waals surface area contributed by atoms with E-state index in [0.29, 0.717) is 5.92 Å². The average Bonchev–Trinajstić information content (AvgIpc) is 3.10. The minimum Gasteiger partial charge on any atom is -0.392 e. The van der Waals surface area contributed by atoms with Gasteiger partial charge < -0.3 is 15.2 Å². The molecular weight excluding hydrogens is 298 g/mol. The first kappa shape index (κ1) is 16.0. The van der Waals surface area contributed by atoms with Gasteiger partial charge in [0, 0.05) is 11.3 Å². The van der Waals surface area contributed by atoms with Crippen molar-refractivity contribution in [1.29, 1.82) is 0 Å². The largest absolute Gasteiger partial charge is 0.392 e. The fourth-order valence-electron chi connectivity index (χ4n) is 3.39. The van der Waals surface area contributed by atoms with Crippen LogP contribution >= 0.6 is 11.3 Å². The van der Waals surface area contributed by atoms with Gasteiger partial charge in [-0.05, 0) is 58.1 Å². The van der Waals surface area contributed by atoms with Crippen LogP contribution in [0.5, 0.6) is 0 Å². The summed E-state index contributed by atoms with van der Waals surface area (Å²) in [7, 11) is 0. The number of amides is 1. The number of fused-ring (bicyclic) bond motifs is 1. The van der Waals surface area contributed by atoms with Gasteiger partial charge in [0.15, 0.2) is 0 Å². The highest BCUT2D eigenvalue weighted by Gasteiger charge is 2.40. The molecule has 2 heterocycles. The summed E-state index contributed by atoms with van der Waals surface area (Å²) in [4.78, 5) is 13.2.